The van der Waals surface area contributed by atoms with Gasteiger partial charge in [0.05, 0.1) is 6.42 Å². The monoisotopic (exact) mass is 294 g/mol. The van der Waals surface area contributed by atoms with Crippen LogP contribution < -0.4 is 0 Å². The number of nitrogens with zero attached hydrogens (tertiary/aromatic N) is 1. The third-order valence-electron chi connectivity index (χ3n) is 2.53. The SMILES string of the molecule is O=[N+]([O-])CCc1[nH]ccc1-c1ccc(Br)cc1. The zero-order valence-corrected chi connectivity index (χ0v) is 10.6. The molecule has 0 radical (unpaired) electrons. The first kappa shape index (κ1) is 11.9. The van der Waals surface area contributed by atoms with Crippen molar-refractivity contribution in [2.24, 2.45) is 0 Å². The first-order valence-electron chi connectivity index (χ1n) is 5.21. The summed E-state index contributed by atoms with van der Waals surface area (Å²) in [6.45, 7) is -0.0515. The van der Waals surface area contributed by atoms with E-state index in [2.05, 4.69) is 20.9 Å². The fourth-order valence-corrected chi connectivity index (χ4v) is 1.98. The molecule has 5 heteroatoms. The minimum Gasteiger partial charge on any atom is -0.364 e. The molecule has 0 aliphatic carbocycles. The van der Waals surface area contributed by atoms with E-state index < -0.39 is 0 Å². The molecule has 0 spiro atoms. The van der Waals surface area contributed by atoms with Crippen LogP contribution in [0.5, 0.6) is 0 Å². The molecule has 88 valence electrons. The van der Waals surface area contributed by atoms with Crippen LogP contribution in [0.15, 0.2) is 41.0 Å². The van der Waals surface area contributed by atoms with E-state index in [9.17, 15) is 10.1 Å². The first-order chi connectivity index (χ1) is 8.16. The average Bonchev–Trinajstić information content (AvgIpc) is 2.75. The Hall–Kier alpha value is -1.62. The molecule has 0 aliphatic rings. The molecule has 0 unspecified atom stereocenters. The summed E-state index contributed by atoms with van der Waals surface area (Å²) in [5, 5.41) is 10.4. The lowest BCUT2D eigenvalue weighted by Gasteiger charge is -2.02. The van der Waals surface area contributed by atoms with Crippen LogP contribution in [-0.4, -0.2) is 16.5 Å². The topological polar surface area (TPSA) is 58.9 Å². The summed E-state index contributed by atoms with van der Waals surface area (Å²) in [7, 11) is 0. The Kier molecular flexibility index (Phi) is 3.58. The van der Waals surface area contributed by atoms with Gasteiger partial charge in [0, 0.05) is 26.9 Å². The average molecular weight is 295 g/mol. The van der Waals surface area contributed by atoms with Gasteiger partial charge in [-0.2, -0.15) is 0 Å². The maximum Gasteiger partial charge on any atom is 0.209 e. The van der Waals surface area contributed by atoms with E-state index in [0.29, 0.717) is 6.42 Å². The fourth-order valence-electron chi connectivity index (χ4n) is 1.71. The van der Waals surface area contributed by atoms with E-state index >= 15 is 0 Å². The molecule has 2 rings (SSSR count). The zero-order chi connectivity index (χ0) is 12.3. The molecule has 0 saturated heterocycles. The van der Waals surface area contributed by atoms with Gasteiger partial charge in [-0.05, 0) is 23.8 Å². The van der Waals surface area contributed by atoms with E-state index in [1.807, 2.05) is 36.5 Å². The molecular weight excluding hydrogens is 284 g/mol. The number of nitrogens with one attached hydrogen (secondary N) is 1. The van der Waals surface area contributed by atoms with Crippen LogP contribution in [0.4, 0.5) is 0 Å². The lowest BCUT2D eigenvalue weighted by atomic mass is 10.1. The van der Waals surface area contributed by atoms with Crippen LogP contribution in [0.25, 0.3) is 11.1 Å². The molecule has 1 aromatic heterocycles. The molecule has 0 bridgehead atoms. The van der Waals surface area contributed by atoms with Gasteiger partial charge in [0.15, 0.2) is 0 Å². The number of halogens is 1. The first-order valence-corrected chi connectivity index (χ1v) is 6.00. The molecule has 0 fully saturated rings. The number of benzene rings is 1. The second kappa shape index (κ2) is 5.14. The van der Waals surface area contributed by atoms with Crippen LogP contribution >= 0.6 is 15.9 Å². The maximum atomic E-state index is 10.4. The van der Waals surface area contributed by atoms with Crippen molar-refractivity contribution < 1.29 is 4.92 Å². The highest BCUT2D eigenvalue weighted by Crippen LogP contribution is 2.25. The highest BCUT2D eigenvalue weighted by Gasteiger charge is 2.08. The van der Waals surface area contributed by atoms with Gasteiger partial charge in [-0.1, -0.05) is 28.1 Å². The summed E-state index contributed by atoms with van der Waals surface area (Å²) in [5.41, 5.74) is 3.00. The van der Waals surface area contributed by atoms with Gasteiger partial charge in [0.25, 0.3) is 0 Å². The van der Waals surface area contributed by atoms with Crippen molar-refractivity contribution >= 4 is 15.9 Å². The van der Waals surface area contributed by atoms with Gasteiger partial charge in [0.2, 0.25) is 6.54 Å². The molecule has 0 amide bonds. The van der Waals surface area contributed by atoms with E-state index in [0.717, 1.165) is 21.3 Å². The predicted octanol–water partition coefficient (Wildman–Crippen LogP) is 3.26. The lowest BCUT2D eigenvalue weighted by Crippen LogP contribution is -2.04. The van der Waals surface area contributed by atoms with Gasteiger partial charge in [-0.3, -0.25) is 10.1 Å². The van der Waals surface area contributed by atoms with Crippen LogP contribution in [0.1, 0.15) is 5.69 Å². The smallest absolute Gasteiger partial charge is 0.209 e. The Labute approximate surface area is 107 Å². The Balaban J connectivity index is 2.24. The second-order valence-corrected chi connectivity index (χ2v) is 4.60. The maximum absolute atomic E-state index is 10.4. The lowest BCUT2D eigenvalue weighted by molar-refractivity contribution is -0.479. The molecule has 1 N–H and O–H groups in total. The van der Waals surface area contributed by atoms with Gasteiger partial charge in [0.1, 0.15) is 0 Å². The number of H-pyrrole nitrogens is 1. The minimum atomic E-state index is -0.299. The van der Waals surface area contributed by atoms with E-state index in [-0.39, 0.29) is 11.5 Å². The molecule has 17 heavy (non-hydrogen) atoms. The van der Waals surface area contributed by atoms with Crippen molar-refractivity contribution in [1.29, 1.82) is 0 Å². The van der Waals surface area contributed by atoms with Gasteiger partial charge in [-0.25, -0.2) is 0 Å². The Morgan fingerprint density at radius 3 is 2.59 bits per heavy atom. The molecule has 0 atom stereocenters. The molecular formula is C12H11BrN2O2. The number of nitro groups is 1. The number of hydrogen-bond acceptors (Lipinski definition) is 2. The third kappa shape index (κ3) is 2.94. The molecule has 0 aliphatic heterocycles. The fraction of sp³-hybridized carbons (Fsp3) is 0.167. The quantitative estimate of drug-likeness (QED) is 0.695. The summed E-state index contributed by atoms with van der Waals surface area (Å²) in [4.78, 5) is 13.1. The Morgan fingerprint density at radius 1 is 1.24 bits per heavy atom. The minimum absolute atomic E-state index is 0.0515. The van der Waals surface area contributed by atoms with E-state index in [1.165, 1.54) is 0 Å². The summed E-state index contributed by atoms with van der Waals surface area (Å²) in [6.07, 6.45) is 2.23. The standard InChI is InChI=1S/C12H11BrN2O2/c13-10-3-1-9(2-4-10)11-5-7-14-12(11)6-8-15(16)17/h1-5,7,14H,6,8H2. The zero-order valence-electron chi connectivity index (χ0n) is 9.02. The van der Waals surface area contributed by atoms with Crippen LogP contribution in [0.3, 0.4) is 0 Å². The van der Waals surface area contributed by atoms with E-state index in [4.69, 9.17) is 0 Å². The van der Waals surface area contributed by atoms with Crippen molar-refractivity contribution in [2.45, 2.75) is 6.42 Å². The summed E-state index contributed by atoms with van der Waals surface area (Å²) >= 11 is 3.38. The molecule has 0 saturated carbocycles. The van der Waals surface area contributed by atoms with Gasteiger partial charge >= 0.3 is 0 Å². The van der Waals surface area contributed by atoms with Crippen molar-refractivity contribution in [3.8, 4) is 11.1 Å². The Morgan fingerprint density at radius 2 is 1.94 bits per heavy atom. The highest BCUT2D eigenvalue weighted by molar-refractivity contribution is 9.10. The largest absolute Gasteiger partial charge is 0.364 e. The Bertz CT molecular complexity index is 520. The van der Waals surface area contributed by atoms with E-state index in [1.54, 1.807) is 0 Å². The summed E-state index contributed by atoms with van der Waals surface area (Å²) < 4.78 is 1.02. The number of rotatable bonds is 4. The molecule has 2 aromatic rings. The number of hydrogen-bond donors (Lipinski definition) is 1. The van der Waals surface area contributed by atoms with Crippen molar-refractivity contribution in [3.63, 3.8) is 0 Å². The van der Waals surface area contributed by atoms with Gasteiger partial charge < -0.3 is 4.98 Å². The van der Waals surface area contributed by atoms with Crippen LogP contribution in [0.2, 0.25) is 0 Å². The van der Waals surface area contributed by atoms with Crippen LogP contribution in [-0.2, 0) is 6.42 Å². The third-order valence-corrected chi connectivity index (χ3v) is 3.06. The van der Waals surface area contributed by atoms with Crippen molar-refractivity contribution in [2.75, 3.05) is 6.54 Å². The normalized spacial score (nSPS) is 10.4. The van der Waals surface area contributed by atoms with Crippen molar-refractivity contribution in [3.05, 3.63) is 56.8 Å². The van der Waals surface area contributed by atoms with Crippen molar-refractivity contribution in [1.82, 2.24) is 4.98 Å². The number of aromatic nitrogens is 1. The second-order valence-electron chi connectivity index (χ2n) is 3.68. The molecule has 1 heterocycles. The molecule has 1 aromatic carbocycles. The predicted molar refractivity (Wildman–Crippen MR) is 69.5 cm³/mol. The molecule has 4 nitrogen and oxygen atoms in total. The van der Waals surface area contributed by atoms with Crippen LogP contribution in [0, 0.1) is 10.1 Å². The number of aromatic amines is 1. The summed E-state index contributed by atoms with van der Waals surface area (Å²) in [5.74, 6) is 0. The highest BCUT2D eigenvalue weighted by atomic mass is 79.9. The van der Waals surface area contributed by atoms with Gasteiger partial charge in [-0.15, -0.1) is 0 Å². The summed E-state index contributed by atoms with van der Waals surface area (Å²) in [6, 6.07) is 9.84.